The number of carbonyl (C=O) groups excluding carboxylic acids is 2. The fourth-order valence-corrected chi connectivity index (χ4v) is 3.89. The van der Waals surface area contributed by atoms with Gasteiger partial charge in [-0.2, -0.15) is 0 Å². The summed E-state index contributed by atoms with van der Waals surface area (Å²) in [6.45, 7) is 1.88. The number of thioether (sulfide) groups is 1. The second-order valence-corrected chi connectivity index (χ2v) is 7.71. The highest BCUT2D eigenvalue weighted by Crippen LogP contribution is 2.34. The highest BCUT2D eigenvalue weighted by atomic mass is 32.2. The topological polar surface area (TPSA) is 93.7 Å². The normalized spacial score (nSPS) is 15.2. The Hall–Kier alpha value is -3.65. The van der Waals surface area contributed by atoms with Crippen molar-refractivity contribution in [3.8, 4) is 11.3 Å². The Morgan fingerprint density at radius 1 is 1.10 bits per heavy atom. The van der Waals surface area contributed by atoms with Gasteiger partial charge in [-0.1, -0.05) is 42.5 Å². The summed E-state index contributed by atoms with van der Waals surface area (Å²) in [6.07, 6.45) is 1.52. The van der Waals surface area contributed by atoms with Crippen LogP contribution in [0.25, 0.3) is 17.4 Å². The number of imide groups is 1. The first-order valence-corrected chi connectivity index (χ1v) is 9.88. The van der Waals surface area contributed by atoms with Crippen molar-refractivity contribution in [3.63, 3.8) is 0 Å². The van der Waals surface area contributed by atoms with Gasteiger partial charge in [-0.15, -0.1) is 0 Å². The van der Waals surface area contributed by atoms with Crippen molar-refractivity contribution in [2.45, 2.75) is 13.5 Å². The lowest BCUT2D eigenvalue weighted by Crippen LogP contribution is -2.27. The summed E-state index contributed by atoms with van der Waals surface area (Å²) < 4.78 is 5.75. The molecular formula is C22H16N2O5S. The molecule has 4 rings (SSSR count). The Morgan fingerprint density at radius 3 is 2.60 bits per heavy atom. The minimum atomic E-state index is -0.439. The first-order chi connectivity index (χ1) is 14.4. The van der Waals surface area contributed by atoms with E-state index in [1.165, 1.54) is 17.0 Å². The third-order valence-electron chi connectivity index (χ3n) is 4.65. The molecule has 1 aromatic heterocycles. The van der Waals surface area contributed by atoms with Gasteiger partial charge in [0.25, 0.3) is 16.8 Å². The van der Waals surface area contributed by atoms with Crippen LogP contribution in [0.3, 0.4) is 0 Å². The van der Waals surface area contributed by atoms with Crippen molar-refractivity contribution in [2.24, 2.45) is 0 Å². The Morgan fingerprint density at radius 2 is 1.87 bits per heavy atom. The minimum absolute atomic E-state index is 0.00693. The largest absolute Gasteiger partial charge is 0.457 e. The van der Waals surface area contributed by atoms with Crippen LogP contribution in [0.2, 0.25) is 0 Å². The third kappa shape index (κ3) is 3.90. The maximum absolute atomic E-state index is 12.7. The van der Waals surface area contributed by atoms with Crippen molar-refractivity contribution in [3.05, 3.63) is 92.6 Å². The molecule has 0 saturated carbocycles. The Kier molecular flexibility index (Phi) is 5.24. The smallest absolute Gasteiger partial charge is 0.293 e. The van der Waals surface area contributed by atoms with E-state index in [2.05, 4.69) is 0 Å². The summed E-state index contributed by atoms with van der Waals surface area (Å²) >= 11 is 0.858. The van der Waals surface area contributed by atoms with Gasteiger partial charge in [-0.25, -0.2) is 0 Å². The molecule has 0 aliphatic carbocycles. The van der Waals surface area contributed by atoms with E-state index in [0.29, 0.717) is 22.6 Å². The van der Waals surface area contributed by atoms with Gasteiger partial charge in [-0.3, -0.25) is 24.6 Å². The molecule has 2 heterocycles. The molecule has 0 atom stereocenters. The van der Waals surface area contributed by atoms with Crippen LogP contribution in [-0.2, 0) is 11.3 Å². The van der Waals surface area contributed by atoms with Crippen molar-refractivity contribution in [1.29, 1.82) is 0 Å². The molecule has 8 heteroatoms. The second-order valence-electron chi connectivity index (χ2n) is 6.71. The molecule has 2 amide bonds. The molecule has 30 heavy (non-hydrogen) atoms. The Labute approximate surface area is 176 Å². The number of carbonyl (C=O) groups is 2. The van der Waals surface area contributed by atoms with E-state index < -0.39 is 4.92 Å². The average molecular weight is 420 g/mol. The maximum Gasteiger partial charge on any atom is 0.293 e. The van der Waals surface area contributed by atoms with E-state index in [1.807, 2.05) is 30.3 Å². The molecule has 2 aromatic carbocycles. The zero-order valence-corrected chi connectivity index (χ0v) is 16.7. The van der Waals surface area contributed by atoms with Crippen molar-refractivity contribution in [1.82, 2.24) is 4.90 Å². The molecule has 1 saturated heterocycles. The van der Waals surface area contributed by atoms with Crippen LogP contribution in [0.4, 0.5) is 10.5 Å². The maximum atomic E-state index is 12.7. The number of nitrogens with zero attached hydrogens (tertiary/aromatic N) is 2. The Bertz CT molecular complexity index is 1180. The van der Waals surface area contributed by atoms with Crippen LogP contribution in [-0.4, -0.2) is 21.0 Å². The molecule has 150 valence electrons. The van der Waals surface area contributed by atoms with Crippen molar-refractivity contribution >= 4 is 34.7 Å². The molecule has 3 aromatic rings. The van der Waals surface area contributed by atoms with Crippen LogP contribution in [0.15, 0.2) is 70.0 Å². The third-order valence-corrected chi connectivity index (χ3v) is 5.55. The molecule has 0 radical (unpaired) electrons. The van der Waals surface area contributed by atoms with E-state index in [1.54, 1.807) is 31.2 Å². The molecule has 1 aliphatic rings. The minimum Gasteiger partial charge on any atom is -0.457 e. The van der Waals surface area contributed by atoms with E-state index in [4.69, 9.17) is 4.42 Å². The predicted molar refractivity (Wildman–Crippen MR) is 113 cm³/mol. The van der Waals surface area contributed by atoms with Gasteiger partial charge in [0.15, 0.2) is 0 Å². The predicted octanol–water partition coefficient (Wildman–Crippen LogP) is 5.40. The lowest BCUT2D eigenvalue weighted by Gasteiger charge is -2.11. The summed E-state index contributed by atoms with van der Waals surface area (Å²) in [6, 6.07) is 17.5. The number of furan rings is 1. The molecule has 0 bridgehead atoms. The molecule has 0 unspecified atom stereocenters. The number of nitro groups is 1. The number of rotatable bonds is 5. The van der Waals surface area contributed by atoms with E-state index in [-0.39, 0.29) is 28.3 Å². The van der Waals surface area contributed by atoms with Gasteiger partial charge in [0, 0.05) is 23.3 Å². The number of amides is 2. The van der Waals surface area contributed by atoms with Gasteiger partial charge in [-0.05, 0) is 36.4 Å². The monoisotopic (exact) mass is 420 g/mol. The summed E-state index contributed by atoms with van der Waals surface area (Å²) in [4.78, 5) is 37.1. The summed E-state index contributed by atoms with van der Waals surface area (Å²) in [5.74, 6) is 0.448. The molecule has 7 nitrogen and oxygen atoms in total. The summed E-state index contributed by atoms with van der Waals surface area (Å²) in [5, 5.41) is 10.8. The van der Waals surface area contributed by atoms with Gasteiger partial charge >= 0.3 is 0 Å². The molecule has 0 N–H and O–H groups in total. The second kappa shape index (κ2) is 8.00. The highest BCUT2D eigenvalue weighted by Gasteiger charge is 2.35. The zero-order chi connectivity index (χ0) is 21.3. The van der Waals surface area contributed by atoms with Crippen molar-refractivity contribution < 1.29 is 18.9 Å². The number of hydrogen-bond donors (Lipinski definition) is 0. The number of benzene rings is 2. The molecule has 0 spiro atoms. The fraction of sp³-hybridized carbons (Fsp3) is 0.0909. The molecule has 1 fully saturated rings. The average Bonchev–Trinajstić information content (AvgIpc) is 3.29. The number of nitro benzene ring substituents is 1. The zero-order valence-electron chi connectivity index (χ0n) is 15.9. The first-order valence-electron chi connectivity index (χ1n) is 9.07. The summed E-state index contributed by atoms with van der Waals surface area (Å²) in [5.41, 5.74) is 1.99. The first kappa shape index (κ1) is 19.7. The van der Waals surface area contributed by atoms with Crippen LogP contribution < -0.4 is 0 Å². The van der Waals surface area contributed by atoms with Crippen LogP contribution >= 0.6 is 11.8 Å². The quantitative estimate of drug-likeness (QED) is 0.312. The van der Waals surface area contributed by atoms with Gasteiger partial charge in [0.1, 0.15) is 11.5 Å². The lowest BCUT2D eigenvalue weighted by molar-refractivity contribution is -0.385. The highest BCUT2D eigenvalue weighted by molar-refractivity contribution is 8.18. The van der Waals surface area contributed by atoms with Crippen molar-refractivity contribution in [2.75, 3.05) is 0 Å². The molecular weight excluding hydrogens is 404 g/mol. The SMILES string of the molecule is Cc1ccc(-c2ccc(/C=C3\SC(=O)N(Cc4ccccc4)C3=O)o2)cc1[N+](=O)[O-]. The van der Waals surface area contributed by atoms with Crippen LogP contribution in [0.5, 0.6) is 0 Å². The number of hydrogen-bond acceptors (Lipinski definition) is 6. The Balaban J connectivity index is 1.56. The number of aryl methyl sites for hydroxylation is 1. The standard InChI is InChI=1S/C22H16N2O5S/c1-14-7-8-16(11-18(14)24(27)28)19-10-9-17(29-19)12-20-21(25)23(22(26)30-20)13-15-5-3-2-4-6-15/h2-12H,13H2,1H3/b20-12-. The van der Waals surface area contributed by atoms with Gasteiger partial charge < -0.3 is 4.42 Å². The van der Waals surface area contributed by atoms with Gasteiger partial charge in [0.05, 0.1) is 16.4 Å². The lowest BCUT2D eigenvalue weighted by atomic mass is 10.1. The fourth-order valence-electron chi connectivity index (χ4n) is 3.08. The molecule has 1 aliphatic heterocycles. The van der Waals surface area contributed by atoms with Crippen LogP contribution in [0.1, 0.15) is 16.9 Å². The summed E-state index contributed by atoms with van der Waals surface area (Å²) in [7, 11) is 0. The van der Waals surface area contributed by atoms with E-state index >= 15 is 0 Å². The van der Waals surface area contributed by atoms with Gasteiger partial charge in [0.2, 0.25) is 0 Å². The van der Waals surface area contributed by atoms with E-state index in [0.717, 1.165) is 17.3 Å². The van der Waals surface area contributed by atoms with E-state index in [9.17, 15) is 19.7 Å². The van der Waals surface area contributed by atoms with Crippen LogP contribution in [0, 0.1) is 17.0 Å².